The van der Waals surface area contributed by atoms with Gasteiger partial charge in [0.15, 0.2) is 0 Å². The molecule has 1 rings (SSSR count). The minimum absolute atomic E-state index is 0.326. The van der Waals surface area contributed by atoms with E-state index in [1.807, 2.05) is 7.05 Å². The molecular weight excluding hydrogens is 194 g/mol. The maximum Gasteiger partial charge on any atom is 0.138 e. The fourth-order valence-electron chi connectivity index (χ4n) is 1.17. The third kappa shape index (κ3) is 2.98. The van der Waals surface area contributed by atoms with Gasteiger partial charge >= 0.3 is 0 Å². The van der Waals surface area contributed by atoms with Crippen LogP contribution in [0.3, 0.4) is 0 Å². The van der Waals surface area contributed by atoms with E-state index in [4.69, 9.17) is 10.8 Å². The molecule has 0 aromatic carbocycles. The van der Waals surface area contributed by atoms with Crippen molar-refractivity contribution < 1.29 is 0 Å². The van der Waals surface area contributed by atoms with Crippen LogP contribution in [0.15, 0.2) is 17.6 Å². The van der Waals surface area contributed by atoms with Gasteiger partial charge < -0.3 is 4.57 Å². The fourth-order valence-corrected chi connectivity index (χ4v) is 1.17. The van der Waals surface area contributed by atoms with Crippen LogP contribution < -0.4 is 5.32 Å². The van der Waals surface area contributed by atoms with Crippen LogP contribution in [0.25, 0.3) is 10.4 Å². The molecule has 0 radical (unpaired) electrons. The Morgan fingerprint density at radius 1 is 1.87 bits per heavy atom. The number of nitrogens with zero attached hydrogens (tertiary/aromatic N) is 6. The van der Waals surface area contributed by atoms with Gasteiger partial charge in [0.1, 0.15) is 6.04 Å². The highest BCUT2D eigenvalue weighted by Gasteiger charge is 2.12. The van der Waals surface area contributed by atoms with Crippen molar-refractivity contribution in [2.24, 2.45) is 12.2 Å². The van der Waals surface area contributed by atoms with Gasteiger partial charge in [-0.2, -0.15) is 5.26 Å². The largest absolute Gasteiger partial charge is 0.335 e. The van der Waals surface area contributed by atoms with Crippen molar-refractivity contribution in [3.05, 3.63) is 28.7 Å². The number of azide groups is 1. The zero-order valence-corrected chi connectivity index (χ0v) is 8.33. The summed E-state index contributed by atoms with van der Waals surface area (Å²) in [6.45, 7) is 0.792. The van der Waals surface area contributed by atoms with E-state index in [-0.39, 0.29) is 0 Å². The van der Waals surface area contributed by atoms with Crippen molar-refractivity contribution in [1.29, 1.82) is 5.26 Å². The maximum atomic E-state index is 8.92. The average Bonchev–Trinajstić information content (AvgIpc) is 2.65. The van der Waals surface area contributed by atoms with E-state index in [2.05, 4.69) is 26.4 Å². The van der Waals surface area contributed by atoms with E-state index in [1.54, 1.807) is 17.1 Å². The first-order chi connectivity index (χ1) is 7.29. The summed E-state index contributed by atoms with van der Waals surface area (Å²) in [4.78, 5) is 6.55. The van der Waals surface area contributed by atoms with Crippen molar-refractivity contribution in [1.82, 2.24) is 14.9 Å². The smallest absolute Gasteiger partial charge is 0.138 e. The lowest BCUT2D eigenvalue weighted by Gasteiger charge is -2.10. The molecule has 0 aliphatic rings. The molecule has 0 saturated carbocycles. The second kappa shape index (κ2) is 5.65. The van der Waals surface area contributed by atoms with Crippen molar-refractivity contribution in [3.63, 3.8) is 0 Å². The second-order valence-electron chi connectivity index (χ2n) is 2.90. The minimum atomic E-state index is -0.425. The Morgan fingerprint density at radius 3 is 3.20 bits per heavy atom. The molecule has 15 heavy (non-hydrogen) atoms. The van der Waals surface area contributed by atoms with Gasteiger partial charge in [0.05, 0.1) is 24.3 Å². The van der Waals surface area contributed by atoms with E-state index < -0.39 is 6.04 Å². The Hall–Kier alpha value is -2.03. The van der Waals surface area contributed by atoms with Crippen LogP contribution >= 0.6 is 0 Å². The number of aromatic nitrogens is 2. The van der Waals surface area contributed by atoms with Gasteiger partial charge in [-0.1, -0.05) is 5.11 Å². The van der Waals surface area contributed by atoms with E-state index in [1.165, 1.54) is 0 Å². The lowest BCUT2D eigenvalue weighted by molar-refractivity contribution is 0.602. The Labute approximate surface area is 87.0 Å². The van der Waals surface area contributed by atoms with E-state index in [0.29, 0.717) is 13.1 Å². The first kappa shape index (κ1) is 11.0. The maximum absolute atomic E-state index is 8.92. The summed E-state index contributed by atoms with van der Waals surface area (Å²) < 4.78 is 1.77. The summed E-state index contributed by atoms with van der Waals surface area (Å²) in [6, 6.07) is 1.69. The summed E-state index contributed by atoms with van der Waals surface area (Å²) in [5, 5.41) is 15.3. The van der Waals surface area contributed by atoms with Gasteiger partial charge in [0, 0.05) is 25.0 Å². The Balaban J connectivity index is 2.54. The molecule has 0 spiro atoms. The standard InChI is InChI=1S/C8H11N7/c1-15-6-11-5-8(15)7(4-9)12-2-3-13-14-10/h5-7,12H,2-3H2,1H3. The fraction of sp³-hybridized carbons (Fsp3) is 0.500. The van der Waals surface area contributed by atoms with Crippen molar-refractivity contribution >= 4 is 0 Å². The molecule has 1 aromatic heterocycles. The average molecular weight is 205 g/mol. The van der Waals surface area contributed by atoms with E-state index in [9.17, 15) is 0 Å². The molecule has 0 aliphatic heterocycles. The SMILES string of the molecule is Cn1cncc1C(C#N)NCCN=[N+]=[N-]. The number of aryl methyl sites for hydroxylation is 1. The lowest BCUT2D eigenvalue weighted by Crippen LogP contribution is -2.24. The molecule has 1 heterocycles. The summed E-state index contributed by atoms with van der Waals surface area (Å²) in [6.07, 6.45) is 3.27. The number of nitrogens with one attached hydrogen (secondary N) is 1. The zero-order chi connectivity index (χ0) is 11.1. The predicted molar refractivity (Wildman–Crippen MR) is 53.6 cm³/mol. The highest BCUT2D eigenvalue weighted by atomic mass is 15.1. The van der Waals surface area contributed by atoms with Crippen molar-refractivity contribution in [3.8, 4) is 6.07 Å². The molecule has 0 aliphatic carbocycles. The third-order valence-electron chi connectivity index (χ3n) is 1.90. The van der Waals surface area contributed by atoms with Crippen LogP contribution in [-0.2, 0) is 7.05 Å². The molecule has 7 heteroatoms. The van der Waals surface area contributed by atoms with Crippen LogP contribution in [0, 0.1) is 11.3 Å². The number of imidazole rings is 1. The molecule has 1 N–H and O–H groups in total. The summed E-state index contributed by atoms with van der Waals surface area (Å²) in [7, 11) is 1.82. The Morgan fingerprint density at radius 2 is 2.67 bits per heavy atom. The third-order valence-corrected chi connectivity index (χ3v) is 1.90. The van der Waals surface area contributed by atoms with Gasteiger partial charge in [-0.25, -0.2) is 4.98 Å². The quantitative estimate of drug-likeness (QED) is 0.334. The molecular formula is C8H11N7. The van der Waals surface area contributed by atoms with Gasteiger partial charge in [-0.3, -0.25) is 5.32 Å². The molecule has 7 nitrogen and oxygen atoms in total. The molecule has 0 bridgehead atoms. The van der Waals surface area contributed by atoms with Gasteiger partial charge in [-0.05, 0) is 5.53 Å². The molecule has 1 atom stereocenters. The zero-order valence-electron chi connectivity index (χ0n) is 8.33. The molecule has 1 unspecified atom stereocenters. The van der Waals surface area contributed by atoms with Crippen LogP contribution in [0.1, 0.15) is 11.7 Å². The number of hydrogen-bond acceptors (Lipinski definition) is 4. The first-order valence-corrected chi connectivity index (χ1v) is 4.39. The molecule has 0 saturated heterocycles. The molecule has 0 fully saturated rings. The number of hydrogen-bond donors (Lipinski definition) is 1. The molecule has 78 valence electrons. The van der Waals surface area contributed by atoms with Gasteiger partial charge in [0.25, 0.3) is 0 Å². The van der Waals surface area contributed by atoms with Gasteiger partial charge in [-0.15, -0.1) is 0 Å². The van der Waals surface area contributed by atoms with E-state index in [0.717, 1.165) is 5.69 Å². The van der Waals surface area contributed by atoms with Crippen LogP contribution in [0.4, 0.5) is 0 Å². The van der Waals surface area contributed by atoms with E-state index >= 15 is 0 Å². The number of nitriles is 1. The summed E-state index contributed by atoms with van der Waals surface area (Å²) in [5.41, 5.74) is 8.86. The highest BCUT2D eigenvalue weighted by molar-refractivity contribution is 5.13. The molecule has 1 aromatic rings. The van der Waals surface area contributed by atoms with Crippen molar-refractivity contribution in [2.75, 3.05) is 13.1 Å². The monoisotopic (exact) mass is 205 g/mol. The Kier molecular flexibility index (Phi) is 4.16. The number of rotatable bonds is 5. The summed E-state index contributed by atoms with van der Waals surface area (Å²) >= 11 is 0. The summed E-state index contributed by atoms with van der Waals surface area (Å²) in [5.74, 6) is 0. The van der Waals surface area contributed by atoms with Gasteiger partial charge in [0.2, 0.25) is 0 Å². The van der Waals surface area contributed by atoms with Crippen LogP contribution in [0.5, 0.6) is 0 Å². The highest BCUT2D eigenvalue weighted by Crippen LogP contribution is 2.09. The van der Waals surface area contributed by atoms with Crippen LogP contribution in [-0.4, -0.2) is 22.6 Å². The Bertz CT molecular complexity index is 395. The lowest BCUT2D eigenvalue weighted by atomic mass is 10.2. The first-order valence-electron chi connectivity index (χ1n) is 4.39. The normalized spacial score (nSPS) is 11.5. The topological polar surface area (TPSA) is 102 Å². The molecule has 0 amide bonds. The van der Waals surface area contributed by atoms with Crippen molar-refractivity contribution in [2.45, 2.75) is 6.04 Å². The predicted octanol–water partition coefficient (Wildman–Crippen LogP) is 0.885. The van der Waals surface area contributed by atoms with Crippen LogP contribution in [0.2, 0.25) is 0 Å². The minimum Gasteiger partial charge on any atom is -0.335 e. The second-order valence-corrected chi connectivity index (χ2v) is 2.90.